The first-order chi connectivity index (χ1) is 10.0. The van der Waals surface area contributed by atoms with Gasteiger partial charge in [0.25, 0.3) is 0 Å². The third kappa shape index (κ3) is 2.60. The molecule has 2 nitrogen and oxygen atoms in total. The number of aromatic nitrogens is 1. The van der Waals surface area contributed by atoms with E-state index in [-0.39, 0.29) is 5.75 Å². The lowest BCUT2D eigenvalue weighted by Crippen LogP contribution is -2.37. The summed E-state index contributed by atoms with van der Waals surface area (Å²) in [7, 11) is 0. The van der Waals surface area contributed by atoms with E-state index in [1.54, 1.807) is 30.5 Å². The van der Waals surface area contributed by atoms with Gasteiger partial charge in [-0.15, -0.1) is 13.2 Å². The molecule has 0 amide bonds. The molecular weight excluding hydrogens is 279 g/mol. The zero-order valence-electron chi connectivity index (χ0n) is 11.2. The summed E-state index contributed by atoms with van der Waals surface area (Å²) in [6, 6.07) is 11.9. The molecule has 0 spiro atoms. The van der Waals surface area contributed by atoms with Crippen LogP contribution in [0.15, 0.2) is 48.7 Å². The van der Waals surface area contributed by atoms with Gasteiger partial charge >= 0.3 is 6.36 Å². The lowest BCUT2D eigenvalue weighted by atomic mass is 9.62. The summed E-state index contributed by atoms with van der Waals surface area (Å²) in [6.07, 6.45) is -0.491. The molecule has 0 unspecified atom stereocenters. The third-order valence-electron chi connectivity index (χ3n) is 3.99. The number of hydrogen-bond donors (Lipinski definition) is 0. The molecule has 5 heteroatoms. The van der Waals surface area contributed by atoms with Gasteiger partial charge in [-0.3, -0.25) is 4.98 Å². The fourth-order valence-corrected chi connectivity index (χ4v) is 2.92. The fraction of sp³-hybridized carbons (Fsp3) is 0.312. The van der Waals surface area contributed by atoms with Gasteiger partial charge in [0.1, 0.15) is 5.75 Å². The number of nitrogens with zero attached hydrogens (tertiary/aromatic N) is 1. The monoisotopic (exact) mass is 293 g/mol. The molecule has 1 aliphatic carbocycles. The summed E-state index contributed by atoms with van der Waals surface area (Å²) in [5, 5.41) is 0. The molecule has 1 aromatic carbocycles. The van der Waals surface area contributed by atoms with Crippen LogP contribution in [0.3, 0.4) is 0 Å². The van der Waals surface area contributed by atoms with E-state index in [0.717, 1.165) is 25.0 Å². The molecule has 1 heterocycles. The Kier molecular flexibility index (Phi) is 3.35. The molecule has 0 N–H and O–H groups in total. The summed E-state index contributed by atoms with van der Waals surface area (Å²) in [6.45, 7) is 0. The second kappa shape index (κ2) is 5.06. The van der Waals surface area contributed by atoms with Crippen LogP contribution in [-0.4, -0.2) is 11.3 Å². The van der Waals surface area contributed by atoms with Gasteiger partial charge in [-0.1, -0.05) is 30.7 Å². The van der Waals surface area contributed by atoms with E-state index in [1.807, 2.05) is 12.1 Å². The average Bonchev–Trinajstić information content (AvgIpc) is 2.39. The van der Waals surface area contributed by atoms with E-state index in [4.69, 9.17) is 0 Å². The van der Waals surface area contributed by atoms with Crippen LogP contribution in [0.25, 0.3) is 0 Å². The predicted molar refractivity (Wildman–Crippen MR) is 72.0 cm³/mol. The normalized spacial score (nSPS) is 17.1. The number of alkyl halides is 3. The Morgan fingerprint density at radius 1 is 1.00 bits per heavy atom. The molecule has 0 atom stereocenters. The fourth-order valence-electron chi connectivity index (χ4n) is 2.92. The van der Waals surface area contributed by atoms with Crippen LogP contribution in [0.4, 0.5) is 13.2 Å². The summed E-state index contributed by atoms with van der Waals surface area (Å²) in [5.74, 6) is -0.129. The molecule has 1 aromatic heterocycles. The number of para-hydroxylation sites is 1. The largest absolute Gasteiger partial charge is 0.573 e. The highest BCUT2D eigenvalue weighted by molar-refractivity contribution is 5.47. The highest BCUT2D eigenvalue weighted by Crippen LogP contribution is 2.51. The maximum absolute atomic E-state index is 12.6. The number of rotatable bonds is 3. The third-order valence-corrected chi connectivity index (χ3v) is 3.99. The Bertz CT molecular complexity index is 621. The molecule has 1 saturated carbocycles. The zero-order valence-corrected chi connectivity index (χ0v) is 11.2. The van der Waals surface area contributed by atoms with Crippen LogP contribution in [0.5, 0.6) is 5.75 Å². The minimum Gasteiger partial charge on any atom is -0.405 e. The Morgan fingerprint density at radius 2 is 1.71 bits per heavy atom. The van der Waals surface area contributed by atoms with Crippen molar-refractivity contribution in [2.75, 3.05) is 0 Å². The van der Waals surface area contributed by atoms with Gasteiger partial charge in [0.15, 0.2) is 0 Å². The van der Waals surface area contributed by atoms with Gasteiger partial charge in [0.2, 0.25) is 0 Å². The van der Waals surface area contributed by atoms with Crippen LogP contribution in [-0.2, 0) is 5.41 Å². The van der Waals surface area contributed by atoms with Crippen molar-refractivity contribution in [3.63, 3.8) is 0 Å². The first-order valence-corrected chi connectivity index (χ1v) is 6.78. The number of benzene rings is 1. The average molecular weight is 293 g/mol. The lowest BCUT2D eigenvalue weighted by Gasteiger charge is -2.42. The molecule has 0 radical (unpaired) electrons. The minimum absolute atomic E-state index is 0.129. The summed E-state index contributed by atoms with van der Waals surface area (Å²) in [5.41, 5.74) is 0.894. The van der Waals surface area contributed by atoms with E-state index in [1.165, 1.54) is 6.07 Å². The van der Waals surface area contributed by atoms with Gasteiger partial charge in [-0.2, -0.15) is 0 Å². The molecule has 0 aliphatic heterocycles. The van der Waals surface area contributed by atoms with E-state index < -0.39 is 11.8 Å². The van der Waals surface area contributed by atoms with Gasteiger partial charge in [0.05, 0.1) is 5.69 Å². The van der Waals surface area contributed by atoms with Crippen molar-refractivity contribution in [1.29, 1.82) is 0 Å². The van der Waals surface area contributed by atoms with E-state index in [0.29, 0.717) is 5.56 Å². The van der Waals surface area contributed by atoms with Crippen LogP contribution in [0.1, 0.15) is 30.5 Å². The minimum atomic E-state index is -4.69. The van der Waals surface area contributed by atoms with Crippen LogP contribution >= 0.6 is 0 Å². The molecule has 2 aromatic rings. The standard InChI is InChI=1S/C16H14F3NO/c17-16(18,19)21-13-7-2-1-6-12(13)15(9-5-10-15)14-8-3-4-11-20-14/h1-4,6-8,11H,5,9-10H2. The van der Waals surface area contributed by atoms with Crippen molar-refractivity contribution >= 4 is 0 Å². The van der Waals surface area contributed by atoms with E-state index in [9.17, 15) is 13.2 Å². The van der Waals surface area contributed by atoms with Gasteiger partial charge < -0.3 is 4.74 Å². The molecule has 0 saturated heterocycles. The van der Waals surface area contributed by atoms with Gasteiger partial charge in [-0.25, -0.2) is 0 Å². The zero-order chi connectivity index (χ0) is 14.9. The maximum atomic E-state index is 12.6. The smallest absolute Gasteiger partial charge is 0.405 e. The summed E-state index contributed by atoms with van der Waals surface area (Å²) < 4.78 is 42.0. The number of pyridine rings is 1. The highest BCUT2D eigenvalue weighted by Gasteiger charge is 2.44. The van der Waals surface area contributed by atoms with E-state index >= 15 is 0 Å². The van der Waals surface area contributed by atoms with Crippen molar-refractivity contribution < 1.29 is 17.9 Å². The Balaban J connectivity index is 2.06. The van der Waals surface area contributed by atoms with Crippen molar-refractivity contribution in [1.82, 2.24) is 4.98 Å². The number of hydrogen-bond acceptors (Lipinski definition) is 2. The van der Waals surface area contributed by atoms with Crippen molar-refractivity contribution in [3.05, 3.63) is 59.9 Å². The molecule has 1 aliphatic rings. The molecular formula is C16H14F3NO. The first-order valence-electron chi connectivity index (χ1n) is 6.78. The Labute approximate surface area is 120 Å². The molecule has 21 heavy (non-hydrogen) atoms. The predicted octanol–water partition coefficient (Wildman–Crippen LogP) is 4.45. The quantitative estimate of drug-likeness (QED) is 0.834. The van der Waals surface area contributed by atoms with Crippen LogP contribution in [0, 0.1) is 0 Å². The second-order valence-electron chi connectivity index (χ2n) is 5.19. The lowest BCUT2D eigenvalue weighted by molar-refractivity contribution is -0.275. The van der Waals surface area contributed by atoms with E-state index in [2.05, 4.69) is 9.72 Å². The van der Waals surface area contributed by atoms with Crippen LogP contribution in [0.2, 0.25) is 0 Å². The Hall–Kier alpha value is -2.04. The van der Waals surface area contributed by atoms with Gasteiger partial charge in [0, 0.05) is 17.2 Å². The Morgan fingerprint density at radius 3 is 2.29 bits per heavy atom. The molecule has 0 bridgehead atoms. The SMILES string of the molecule is FC(F)(F)Oc1ccccc1C1(c2ccccn2)CCC1. The van der Waals surface area contributed by atoms with Crippen LogP contribution < -0.4 is 4.74 Å². The maximum Gasteiger partial charge on any atom is 0.573 e. The van der Waals surface area contributed by atoms with Gasteiger partial charge in [-0.05, 0) is 31.0 Å². The number of halogens is 3. The number of ether oxygens (including phenoxy) is 1. The first kappa shape index (κ1) is 13.9. The van der Waals surface area contributed by atoms with Crippen molar-refractivity contribution in [2.24, 2.45) is 0 Å². The molecule has 110 valence electrons. The van der Waals surface area contributed by atoms with Crippen molar-refractivity contribution in [2.45, 2.75) is 31.0 Å². The molecule has 1 fully saturated rings. The topological polar surface area (TPSA) is 22.1 Å². The highest BCUT2D eigenvalue weighted by atomic mass is 19.4. The molecule has 3 rings (SSSR count). The van der Waals surface area contributed by atoms with Crippen molar-refractivity contribution in [3.8, 4) is 5.75 Å². The summed E-state index contributed by atoms with van der Waals surface area (Å²) >= 11 is 0. The second-order valence-corrected chi connectivity index (χ2v) is 5.19. The summed E-state index contributed by atoms with van der Waals surface area (Å²) in [4.78, 5) is 4.35.